The van der Waals surface area contributed by atoms with Crippen LogP contribution >= 0.6 is 0 Å². The lowest BCUT2D eigenvalue weighted by atomic mass is 10.0. The lowest BCUT2D eigenvalue weighted by molar-refractivity contribution is 0.0412. The second kappa shape index (κ2) is 6.84. The molecule has 0 bridgehead atoms. The van der Waals surface area contributed by atoms with E-state index in [9.17, 15) is 4.79 Å². The van der Waals surface area contributed by atoms with Crippen molar-refractivity contribution in [2.24, 2.45) is 11.8 Å². The van der Waals surface area contributed by atoms with Gasteiger partial charge in [-0.1, -0.05) is 12.1 Å². The minimum absolute atomic E-state index is 0.106. The molecular weight excluding hydrogens is 306 g/mol. The van der Waals surface area contributed by atoms with Gasteiger partial charge in [0.2, 0.25) is 0 Å². The van der Waals surface area contributed by atoms with Crippen LogP contribution in [0.2, 0.25) is 0 Å². The number of nitrogens with one attached hydrogen (secondary N) is 1. The van der Waals surface area contributed by atoms with Gasteiger partial charge in [0.05, 0.1) is 6.61 Å². The smallest absolute Gasteiger partial charge is 0.273 e. The molecule has 3 heterocycles. The Morgan fingerprint density at radius 2 is 2.25 bits per heavy atom. The van der Waals surface area contributed by atoms with Crippen molar-refractivity contribution in [1.82, 2.24) is 15.4 Å². The Morgan fingerprint density at radius 1 is 1.38 bits per heavy atom. The Bertz CT molecular complexity index is 578. The van der Waals surface area contributed by atoms with E-state index in [0.29, 0.717) is 23.4 Å². The fraction of sp³-hybridized carbons (Fsp3) is 0.778. The molecule has 6 heteroatoms. The summed E-state index contributed by atoms with van der Waals surface area (Å²) in [5.74, 6) is 2.33. The van der Waals surface area contributed by atoms with E-state index in [0.717, 1.165) is 51.4 Å². The summed E-state index contributed by atoms with van der Waals surface area (Å²) in [6.45, 7) is 7.02. The first kappa shape index (κ1) is 16.1. The zero-order valence-electron chi connectivity index (χ0n) is 14.4. The van der Waals surface area contributed by atoms with Gasteiger partial charge in [-0.3, -0.25) is 4.79 Å². The van der Waals surface area contributed by atoms with Crippen LogP contribution in [0.25, 0.3) is 0 Å². The predicted molar refractivity (Wildman–Crippen MR) is 88.9 cm³/mol. The molecule has 2 saturated heterocycles. The predicted octanol–water partition coefficient (Wildman–Crippen LogP) is 2.03. The molecule has 0 radical (unpaired) electrons. The van der Waals surface area contributed by atoms with E-state index < -0.39 is 0 Å². The van der Waals surface area contributed by atoms with Crippen molar-refractivity contribution in [2.75, 3.05) is 32.8 Å². The Balaban J connectivity index is 1.29. The quantitative estimate of drug-likeness (QED) is 0.893. The summed E-state index contributed by atoms with van der Waals surface area (Å²) in [5, 5.41) is 7.09. The highest BCUT2D eigenvalue weighted by atomic mass is 16.5. The third-order valence-corrected chi connectivity index (χ3v) is 5.52. The Labute approximate surface area is 142 Å². The molecule has 1 aromatic rings. The van der Waals surface area contributed by atoms with E-state index in [1.165, 1.54) is 12.8 Å². The minimum atomic E-state index is -0.106. The lowest BCUT2D eigenvalue weighted by Gasteiger charge is -2.26. The summed E-state index contributed by atoms with van der Waals surface area (Å²) in [7, 11) is 0. The van der Waals surface area contributed by atoms with E-state index >= 15 is 0 Å². The lowest BCUT2D eigenvalue weighted by Crippen LogP contribution is -2.40. The van der Waals surface area contributed by atoms with E-state index in [1.807, 2.05) is 6.07 Å². The largest absolute Gasteiger partial charge is 0.381 e. The molecule has 3 aliphatic rings. The second-order valence-corrected chi connectivity index (χ2v) is 7.75. The third kappa shape index (κ3) is 3.64. The summed E-state index contributed by atoms with van der Waals surface area (Å²) in [5.41, 5.74) is 0.420. The number of likely N-dealkylation sites (tertiary alicyclic amines) is 1. The SMILES string of the molecule is C[C@H]1CN(CC2CCCOC2)C[C@H]1NC(=O)c1cc(C2CC2)on1. The molecule has 3 fully saturated rings. The van der Waals surface area contributed by atoms with Crippen molar-refractivity contribution in [3.05, 3.63) is 17.5 Å². The van der Waals surface area contributed by atoms with Crippen LogP contribution in [0, 0.1) is 11.8 Å². The molecule has 6 nitrogen and oxygen atoms in total. The summed E-state index contributed by atoms with van der Waals surface area (Å²) in [6.07, 6.45) is 4.72. The van der Waals surface area contributed by atoms with Gasteiger partial charge < -0.3 is 19.5 Å². The molecule has 0 aromatic carbocycles. The molecule has 24 heavy (non-hydrogen) atoms. The number of carbonyl (C=O) groups is 1. The van der Waals surface area contributed by atoms with E-state index in [-0.39, 0.29) is 11.9 Å². The normalized spacial score (nSPS) is 31.3. The average Bonchev–Trinajstić information content (AvgIpc) is 3.21. The summed E-state index contributed by atoms with van der Waals surface area (Å²) >= 11 is 0. The van der Waals surface area contributed by atoms with Crippen molar-refractivity contribution in [3.8, 4) is 0 Å². The Morgan fingerprint density at radius 3 is 3.00 bits per heavy atom. The van der Waals surface area contributed by atoms with E-state index in [1.54, 1.807) is 0 Å². The average molecular weight is 333 g/mol. The summed E-state index contributed by atoms with van der Waals surface area (Å²) < 4.78 is 10.9. The highest BCUT2D eigenvalue weighted by Gasteiger charge is 2.34. The minimum Gasteiger partial charge on any atom is -0.381 e. The number of rotatable bonds is 5. The van der Waals surface area contributed by atoms with Crippen molar-refractivity contribution >= 4 is 5.91 Å². The van der Waals surface area contributed by atoms with Gasteiger partial charge in [0, 0.05) is 44.3 Å². The van der Waals surface area contributed by atoms with Gasteiger partial charge in [-0.05, 0) is 37.5 Å². The number of hydrogen-bond donors (Lipinski definition) is 1. The first-order valence-electron chi connectivity index (χ1n) is 9.26. The van der Waals surface area contributed by atoms with Crippen molar-refractivity contribution in [3.63, 3.8) is 0 Å². The molecule has 132 valence electrons. The molecule has 1 aliphatic carbocycles. The zero-order chi connectivity index (χ0) is 16.5. The molecule has 1 aromatic heterocycles. The summed E-state index contributed by atoms with van der Waals surface area (Å²) in [4.78, 5) is 14.9. The maximum Gasteiger partial charge on any atom is 0.273 e. The number of ether oxygens (including phenoxy) is 1. The maximum absolute atomic E-state index is 12.4. The van der Waals surface area contributed by atoms with Gasteiger partial charge >= 0.3 is 0 Å². The Kier molecular flexibility index (Phi) is 4.59. The number of hydrogen-bond acceptors (Lipinski definition) is 5. The van der Waals surface area contributed by atoms with Crippen LogP contribution in [0.5, 0.6) is 0 Å². The summed E-state index contributed by atoms with van der Waals surface area (Å²) in [6, 6.07) is 1.99. The van der Waals surface area contributed by atoms with Gasteiger partial charge in [-0.25, -0.2) is 0 Å². The van der Waals surface area contributed by atoms with Crippen LogP contribution < -0.4 is 5.32 Å². The Hall–Kier alpha value is -1.40. The molecule has 4 rings (SSSR count). The van der Waals surface area contributed by atoms with Crippen LogP contribution in [0.3, 0.4) is 0 Å². The van der Waals surface area contributed by atoms with Gasteiger partial charge in [0.15, 0.2) is 5.69 Å². The molecular formula is C18H27N3O3. The standard InChI is InChI=1S/C18H27N3O3/c1-12-8-21(9-13-3-2-6-23-11-13)10-16(12)19-18(22)15-7-17(24-20-15)14-4-5-14/h7,12-14,16H,2-6,8-11H2,1H3,(H,19,22)/t12-,13?,16+/m0/s1. The number of carbonyl (C=O) groups excluding carboxylic acids is 1. The maximum atomic E-state index is 12.4. The van der Waals surface area contributed by atoms with Gasteiger partial charge in [-0.15, -0.1) is 0 Å². The van der Waals surface area contributed by atoms with Crippen LogP contribution in [-0.2, 0) is 4.74 Å². The third-order valence-electron chi connectivity index (χ3n) is 5.52. The van der Waals surface area contributed by atoms with Gasteiger partial charge in [0.25, 0.3) is 5.91 Å². The fourth-order valence-corrected chi connectivity index (χ4v) is 3.92. The molecule has 2 aliphatic heterocycles. The molecule has 1 unspecified atom stereocenters. The van der Waals surface area contributed by atoms with Crippen LogP contribution in [0.4, 0.5) is 0 Å². The van der Waals surface area contributed by atoms with Crippen molar-refractivity contribution < 1.29 is 14.1 Å². The van der Waals surface area contributed by atoms with E-state index in [2.05, 4.69) is 22.3 Å². The molecule has 3 atom stereocenters. The van der Waals surface area contributed by atoms with E-state index in [4.69, 9.17) is 9.26 Å². The highest BCUT2D eigenvalue weighted by molar-refractivity contribution is 5.92. The second-order valence-electron chi connectivity index (χ2n) is 7.75. The zero-order valence-corrected chi connectivity index (χ0v) is 14.4. The number of nitrogens with zero attached hydrogens (tertiary/aromatic N) is 2. The monoisotopic (exact) mass is 333 g/mol. The van der Waals surface area contributed by atoms with Crippen LogP contribution in [0.15, 0.2) is 10.6 Å². The van der Waals surface area contributed by atoms with Crippen LogP contribution in [-0.4, -0.2) is 54.9 Å². The van der Waals surface area contributed by atoms with Gasteiger partial charge in [0.1, 0.15) is 5.76 Å². The van der Waals surface area contributed by atoms with Crippen LogP contribution in [0.1, 0.15) is 54.8 Å². The fourth-order valence-electron chi connectivity index (χ4n) is 3.92. The first-order valence-corrected chi connectivity index (χ1v) is 9.26. The van der Waals surface area contributed by atoms with Crippen molar-refractivity contribution in [1.29, 1.82) is 0 Å². The topological polar surface area (TPSA) is 67.6 Å². The molecule has 0 spiro atoms. The molecule has 1 N–H and O–H groups in total. The molecule has 1 amide bonds. The van der Waals surface area contributed by atoms with Gasteiger partial charge in [-0.2, -0.15) is 0 Å². The van der Waals surface area contributed by atoms with Crippen molar-refractivity contribution in [2.45, 2.75) is 44.6 Å². The molecule has 1 saturated carbocycles. The first-order chi connectivity index (χ1) is 11.7. The number of aromatic nitrogens is 1. The highest BCUT2D eigenvalue weighted by Crippen LogP contribution is 2.40. The number of amides is 1.